The number of esters is 1. The largest absolute Gasteiger partial charge is 0.480 e. The van der Waals surface area contributed by atoms with Crippen molar-refractivity contribution in [3.8, 4) is 0 Å². The lowest BCUT2D eigenvalue weighted by Crippen LogP contribution is -2.36. The third-order valence-electron chi connectivity index (χ3n) is 0.908. The van der Waals surface area contributed by atoms with Crippen LogP contribution in [0.1, 0.15) is 0 Å². The highest BCUT2D eigenvalue weighted by atomic mass is 35.5. The molecule has 0 aromatic heterocycles. The summed E-state index contributed by atoms with van der Waals surface area (Å²) >= 11 is 0. The molecule has 0 amide bonds. The summed E-state index contributed by atoms with van der Waals surface area (Å²) in [6.45, 7) is -0.613. The zero-order valence-corrected chi connectivity index (χ0v) is 7.04. The second-order valence-corrected chi connectivity index (χ2v) is 1.83. The average Bonchev–Trinajstić information content (AvgIpc) is 1.99. The van der Waals surface area contributed by atoms with Crippen LogP contribution in [0.25, 0.3) is 0 Å². The third kappa shape index (κ3) is 5.90. The number of halogens is 1. The lowest BCUT2D eigenvalue weighted by atomic mass is 10.3. The van der Waals surface area contributed by atoms with E-state index in [9.17, 15) is 9.59 Å². The number of aliphatic carboxylic acids is 1. The lowest BCUT2D eigenvalue weighted by Gasteiger charge is -2.05. The van der Waals surface area contributed by atoms with Gasteiger partial charge in [0.1, 0.15) is 12.6 Å². The molecule has 0 radical (unpaired) electrons. The zero-order chi connectivity index (χ0) is 8.85. The van der Waals surface area contributed by atoms with Crippen LogP contribution in [0.4, 0.5) is 0 Å². The molecule has 0 aliphatic rings. The summed E-state index contributed by atoms with van der Waals surface area (Å²) in [6.07, 6.45) is 0. The summed E-state index contributed by atoms with van der Waals surface area (Å²) in [5.74, 6) is -1.88. The number of hydrogen-bond acceptors (Lipinski definition) is 5. The Balaban J connectivity index is 0. The number of carbonyl (C=O) groups is 2. The van der Waals surface area contributed by atoms with Gasteiger partial charge in [-0.2, -0.15) is 0 Å². The number of carbonyl (C=O) groups excluding carboxylic acids is 1. The van der Waals surface area contributed by atoms with Crippen LogP contribution in [0.5, 0.6) is 0 Å². The first-order chi connectivity index (χ1) is 5.07. The van der Waals surface area contributed by atoms with Gasteiger partial charge in [-0.1, -0.05) is 0 Å². The Bertz CT molecular complexity index is 164. The second-order valence-electron chi connectivity index (χ2n) is 1.83. The summed E-state index contributed by atoms with van der Waals surface area (Å²) < 4.78 is 4.34. The predicted octanol–water partition coefficient (Wildman–Crippen LogP) is -1.68. The van der Waals surface area contributed by atoms with E-state index < -0.39 is 18.0 Å². The molecule has 5 N–H and O–H groups in total. The van der Waals surface area contributed by atoms with Crippen molar-refractivity contribution in [1.29, 1.82) is 0 Å². The van der Waals surface area contributed by atoms with Gasteiger partial charge in [-0.25, -0.2) is 0 Å². The van der Waals surface area contributed by atoms with E-state index in [4.69, 9.17) is 16.6 Å². The maximum atomic E-state index is 10.3. The summed E-state index contributed by atoms with van der Waals surface area (Å²) in [6, 6.07) is -1.18. The quantitative estimate of drug-likeness (QED) is 0.465. The van der Waals surface area contributed by atoms with Crippen LogP contribution in [-0.4, -0.2) is 36.2 Å². The van der Waals surface area contributed by atoms with Gasteiger partial charge in [-0.3, -0.25) is 9.59 Å². The number of rotatable bonds is 4. The van der Waals surface area contributed by atoms with Crippen molar-refractivity contribution in [2.45, 2.75) is 6.04 Å². The first-order valence-corrected chi connectivity index (χ1v) is 2.92. The van der Waals surface area contributed by atoms with E-state index in [0.717, 1.165) is 0 Å². The molecule has 0 heterocycles. The van der Waals surface area contributed by atoms with Gasteiger partial charge < -0.3 is 21.3 Å². The van der Waals surface area contributed by atoms with Gasteiger partial charge in [0.15, 0.2) is 0 Å². The smallest absolute Gasteiger partial charge is 0.324 e. The molecular formula is C5H11ClN2O4. The van der Waals surface area contributed by atoms with Crippen LogP contribution in [0.3, 0.4) is 0 Å². The highest BCUT2D eigenvalue weighted by molar-refractivity contribution is 5.85. The molecule has 72 valence electrons. The number of carboxylic acids is 1. The van der Waals surface area contributed by atoms with Gasteiger partial charge in [0.05, 0.1) is 6.54 Å². The van der Waals surface area contributed by atoms with E-state index in [1.165, 1.54) is 0 Å². The molecule has 0 saturated carbocycles. The fourth-order valence-electron chi connectivity index (χ4n) is 0.313. The standard InChI is InChI=1S/C5H10N2O4.ClH/c6-1-4(8)11-2-3(7)5(9)10;/h3H,1-2,6-7H2,(H,9,10);1H. The van der Waals surface area contributed by atoms with Crippen molar-refractivity contribution in [3.05, 3.63) is 0 Å². The molecule has 1 unspecified atom stereocenters. The molecular weight excluding hydrogens is 188 g/mol. The SMILES string of the molecule is Cl.NCC(=O)OCC(N)C(=O)O. The van der Waals surface area contributed by atoms with Crippen LogP contribution in [0.2, 0.25) is 0 Å². The number of ether oxygens (including phenoxy) is 1. The summed E-state index contributed by atoms with van der Waals surface area (Å²) in [5, 5.41) is 8.22. The Morgan fingerprint density at radius 1 is 1.50 bits per heavy atom. The topological polar surface area (TPSA) is 116 Å². The van der Waals surface area contributed by atoms with E-state index in [0.29, 0.717) is 0 Å². The van der Waals surface area contributed by atoms with Crippen molar-refractivity contribution < 1.29 is 19.4 Å². The van der Waals surface area contributed by atoms with Crippen molar-refractivity contribution in [2.24, 2.45) is 11.5 Å². The molecule has 0 fully saturated rings. The highest BCUT2D eigenvalue weighted by Gasteiger charge is 2.12. The van der Waals surface area contributed by atoms with Crippen LogP contribution < -0.4 is 11.5 Å². The fourth-order valence-corrected chi connectivity index (χ4v) is 0.313. The van der Waals surface area contributed by atoms with E-state index >= 15 is 0 Å². The average molecular weight is 199 g/mol. The molecule has 0 spiro atoms. The van der Waals surface area contributed by atoms with Gasteiger partial charge in [-0.05, 0) is 0 Å². The molecule has 6 nitrogen and oxygen atoms in total. The maximum absolute atomic E-state index is 10.3. The minimum Gasteiger partial charge on any atom is -0.480 e. The van der Waals surface area contributed by atoms with Gasteiger partial charge in [-0.15, -0.1) is 12.4 Å². The molecule has 12 heavy (non-hydrogen) atoms. The van der Waals surface area contributed by atoms with Crippen molar-refractivity contribution in [3.63, 3.8) is 0 Å². The summed E-state index contributed by atoms with van der Waals surface area (Å²) in [7, 11) is 0. The molecule has 7 heteroatoms. The second kappa shape index (κ2) is 6.84. The normalized spacial score (nSPS) is 11.2. The Morgan fingerprint density at radius 3 is 2.33 bits per heavy atom. The summed E-state index contributed by atoms with van der Waals surface area (Å²) in [4.78, 5) is 20.4. The van der Waals surface area contributed by atoms with E-state index in [-0.39, 0.29) is 25.6 Å². The van der Waals surface area contributed by atoms with Crippen molar-refractivity contribution >= 4 is 24.3 Å². The Kier molecular flexibility index (Phi) is 7.82. The van der Waals surface area contributed by atoms with Crippen molar-refractivity contribution in [2.75, 3.05) is 13.2 Å². The van der Waals surface area contributed by atoms with Gasteiger partial charge in [0.25, 0.3) is 0 Å². The van der Waals surface area contributed by atoms with E-state index in [1.807, 2.05) is 0 Å². The van der Waals surface area contributed by atoms with Crippen LogP contribution in [0, 0.1) is 0 Å². The lowest BCUT2D eigenvalue weighted by molar-refractivity contribution is -0.146. The number of nitrogens with two attached hydrogens (primary N) is 2. The minimum absolute atomic E-state index is 0. The number of hydrogen-bond donors (Lipinski definition) is 3. The molecule has 0 aromatic carbocycles. The molecule has 0 bridgehead atoms. The third-order valence-corrected chi connectivity index (χ3v) is 0.908. The number of carboxylic acid groups (broad SMARTS) is 1. The monoisotopic (exact) mass is 198 g/mol. The van der Waals surface area contributed by atoms with Crippen molar-refractivity contribution in [1.82, 2.24) is 0 Å². The Hall–Kier alpha value is -0.850. The van der Waals surface area contributed by atoms with Gasteiger partial charge in [0.2, 0.25) is 0 Å². The molecule has 0 rings (SSSR count). The first kappa shape index (κ1) is 13.7. The molecule has 0 aliphatic carbocycles. The summed E-state index contributed by atoms with van der Waals surface area (Å²) in [5.41, 5.74) is 9.87. The zero-order valence-electron chi connectivity index (χ0n) is 6.23. The van der Waals surface area contributed by atoms with Crippen LogP contribution >= 0.6 is 12.4 Å². The first-order valence-electron chi connectivity index (χ1n) is 2.92. The van der Waals surface area contributed by atoms with Gasteiger partial charge >= 0.3 is 11.9 Å². The fraction of sp³-hybridized carbons (Fsp3) is 0.600. The van der Waals surface area contributed by atoms with Crippen LogP contribution in [0.15, 0.2) is 0 Å². The van der Waals surface area contributed by atoms with Gasteiger partial charge in [0, 0.05) is 0 Å². The molecule has 0 aromatic rings. The van der Waals surface area contributed by atoms with Crippen LogP contribution in [-0.2, 0) is 14.3 Å². The predicted molar refractivity (Wildman–Crippen MR) is 42.9 cm³/mol. The minimum atomic E-state index is -1.21. The van der Waals surface area contributed by atoms with E-state index in [1.54, 1.807) is 0 Å². The maximum Gasteiger partial charge on any atom is 0.324 e. The molecule has 1 atom stereocenters. The Morgan fingerprint density at radius 2 is 2.00 bits per heavy atom. The molecule has 0 aliphatic heterocycles. The van der Waals surface area contributed by atoms with E-state index in [2.05, 4.69) is 4.74 Å². The highest BCUT2D eigenvalue weighted by Crippen LogP contribution is 1.82. The Labute approximate surface area is 75.3 Å². The molecule has 0 saturated heterocycles.